The summed E-state index contributed by atoms with van der Waals surface area (Å²) in [5.41, 5.74) is 0.843. The molecular formula is C15H16F3N3O3S2. The van der Waals surface area contributed by atoms with Crippen LogP contribution in [0.15, 0.2) is 27.5 Å². The Kier molecular flexibility index (Phi) is 4.95. The van der Waals surface area contributed by atoms with Crippen LogP contribution in [0.3, 0.4) is 0 Å². The molecule has 2 aliphatic rings. The van der Waals surface area contributed by atoms with Crippen LogP contribution in [0.25, 0.3) is 0 Å². The minimum absolute atomic E-state index is 0.000349. The number of thioether (sulfide) groups is 1. The van der Waals surface area contributed by atoms with E-state index in [4.69, 9.17) is 0 Å². The third kappa shape index (κ3) is 3.98. The van der Waals surface area contributed by atoms with Crippen molar-refractivity contribution in [2.45, 2.75) is 24.4 Å². The number of alkyl halides is 3. The van der Waals surface area contributed by atoms with Crippen LogP contribution >= 0.6 is 11.8 Å². The van der Waals surface area contributed by atoms with Gasteiger partial charge in [-0.3, -0.25) is 4.79 Å². The Bertz CT molecular complexity index is 869. The minimum atomic E-state index is -4.47. The number of rotatable bonds is 4. The maximum atomic E-state index is 12.7. The van der Waals surface area contributed by atoms with E-state index in [1.165, 1.54) is 12.1 Å². The van der Waals surface area contributed by atoms with Gasteiger partial charge in [0.2, 0.25) is 0 Å². The molecule has 0 unspecified atom stereocenters. The van der Waals surface area contributed by atoms with Crippen LogP contribution in [0.1, 0.15) is 23.7 Å². The zero-order chi connectivity index (χ0) is 19.1. The molecule has 0 N–H and O–H groups in total. The predicted molar refractivity (Wildman–Crippen MR) is 93.1 cm³/mol. The zero-order valence-electron chi connectivity index (χ0n) is 13.8. The van der Waals surface area contributed by atoms with E-state index in [-0.39, 0.29) is 24.4 Å². The molecule has 2 heterocycles. The number of hydrogen-bond acceptors (Lipinski definition) is 5. The summed E-state index contributed by atoms with van der Waals surface area (Å²) in [5.74, 6) is -0.806. The summed E-state index contributed by atoms with van der Waals surface area (Å²) < 4.78 is 65.1. The fourth-order valence-electron chi connectivity index (χ4n) is 2.78. The molecule has 0 aromatic heterocycles. The normalized spacial score (nSPS) is 18.2. The molecule has 0 saturated carbocycles. The van der Waals surface area contributed by atoms with Crippen LogP contribution in [-0.4, -0.2) is 56.0 Å². The van der Waals surface area contributed by atoms with Gasteiger partial charge in [0.1, 0.15) is 6.54 Å². The van der Waals surface area contributed by atoms with Crippen molar-refractivity contribution >= 4 is 38.5 Å². The average Bonchev–Trinajstić information content (AvgIpc) is 2.87. The Hall–Kier alpha value is -1.75. The van der Waals surface area contributed by atoms with Crippen LogP contribution < -0.4 is 4.90 Å². The molecule has 11 heteroatoms. The molecule has 1 aromatic carbocycles. The van der Waals surface area contributed by atoms with Gasteiger partial charge >= 0.3 is 6.18 Å². The van der Waals surface area contributed by atoms with Crippen molar-refractivity contribution in [1.82, 2.24) is 4.90 Å². The number of nitrogens with zero attached hydrogens (tertiary/aromatic N) is 3. The smallest absolute Gasteiger partial charge is 0.330 e. The summed E-state index contributed by atoms with van der Waals surface area (Å²) >= 11 is 1.10. The van der Waals surface area contributed by atoms with Crippen LogP contribution in [0, 0.1) is 0 Å². The largest absolute Gasteiger partial charge is 0.406 e. The highest BCUT2D eigenvalue weighted by Gasteiger charge is 2.35. The second-order valence-corrected chi connectivity index (χ2v) is 8.70. The Labute approximate surface area is 153 Å². The average molecular weight is 407 g/mol. The number of amidine groups is 1. The van der Waals surface area contributed by atoms with E-state index in [0.29, 0.717) is 22.2 Å². The first-order valence-electron chi connectivity index (χ1n) is 7.88. The fourth-order valence-corrected chi connectivity index (χ4v) is 5.08. The van der Waals surface area contributed by atoms with E-state index >= 15 is 0 Å². The van der Waals surface area contributed by atoms with Gasteiger partial charge in [0.15, 0.2) is 5.17 Å². The van der Waals surface area contributed by atoms with Crippen LogP contribution in [0.5, 0.6) is 0 Å². The van der Waals surface area contributed by atoms with Gasteiger partial charge in [-0.1, -0.05) is 6.92 Å². The molecular weight excluding hydrogens is 391 g/mol. The van der Waals surface area contributed by atoms with E-state index in [2.05, 4.69) is 4.40 Å². The lowest BCUT2D eigenvalue weighted by Crippen LogP contribution is -2.39. The molecule has 26 heavy (non-hydrogen) atoms. The molecule has 0 spiro atoms. The van der Waals surface area contributed by atoms with Crippen molar-refractivity contribution in [2.75, 3.05) is 30.3 Å². The van der Waals surface area contributed by atoms with E-state index in [0.717, 1.165) is 16.7 Å². The highest BCUT2D eigenvalue weighted by atomic mass is 32.2. The van der Waals surface area contributed by atoms with Crippen molar-refractivity contribution in [2.24, 2.45) is 4.40 Å². The number of carbonyl (C=O) groups excluding carboxylic acids is 1. The summed E-state index contributed by atoms with van der Waals surface area (Å²) in [5, 5.41) is 0.302. The van der Waals surface area contributed by atoms with Gasteiger partial charge < -0.3 is 9.80 Å². The molecule has 0 fully saturated rings. The minimum Gasteiger partial charge on any atom is -0.330 e. The van der Waals surface area contributed by atoms with Crippen molar-refractivity contribution < 1.29 is 26.4 Å². The Morgan fingerprint density at radius 2 is 2.12 bits per heavy atom. The summed E-state index contributed by atoms with van der Waals surface area (Å²) in [6.45, 7) is 0.650. The van der Waals surface area contributed by atoms with Gasteiger partial charge in [-0.2, -0.15) is 13.2 Å². The monoisotopic (exact) mass is 407 g/mol. The second-order valence-electron chi connectivity index (χ2n) is 5.94. The SMILES string of the molecule is CCCN(CC(F)(F)F)C(=O)c1ccc2c(c1)SC1=NS(=O)(=O)CCN12. The molecule has 1 aromatic rings. The van der Waals surface area contributed by atoms with Gasteiger partial charge in [-0.25, -0.2) is 8.42 Å². The number of hydrogen-bond donors (Lipinski definition) is 0. The van der Waals surface area contributed by atoms with E-state index in [1.807, 2.05) is 0 Å². The second kappa shape index (κ2) is 6.76. The quantitative estimate of drug-likeness (QED) is 0.768. The lowest BCUT2D eigenvalue weighted by atomic mass is 10.1. The van der Waals surface area contributed by atoms with E-state index in [9.17, 15) is 26.4 Å². The van der Waals surface area contributed by atoms with Crippen LogP contribution in [-0.2, 0) is 10.0 Å². The lowest BCUT2D eigenvalue weighted by Gasteiger charge is -2.24. The van der Waals surface area contributed by atoms with E-state index < -0.39 is 28.7 Å². The predicted octanol–water partition coefficient (Wildman–Crippen LogP) is 2.71. The molecule has 0 aliphatic carbocycles. The summed E-state index contributed by atoms with van der Waals surface area (Å²) in [6, 6.07) is 4.58. The summed E-state index contributed by atoms with van der Waals surface area (Å²) in [4.78, 5) is 15.6. The molecule has 142 valence electrons. The number of carbonyl (C=O) groups is 1. The number of benzene rings is 1. The van der Waals surface area contributed by atoms with Gasteiger partial charge in [0.05, 0.1) is 11.4 Å². The van der Waals surface area contributed by atoms with Crippen LogP contribution in [0.2, 0.25) is 0 Å². The van der Waals surface area contributed by atoms with Crippen molar-refractivity contribution in [3.8, 4) is 0 Å². The Morgan fingerprint density at radius 3 is 2.77 bits per heavy atom. The number of anilines is 1. The first kappa shape index (κ1) is 19.0. The molecule has 2 aliphatic heterocycles. The standard InChI is InChI=1S/C15H16F3N3O3S2/c1-2-5-20(9-15(16,17)18)13(22)10-3-4-11-12(8-10)25-14-19-26(23,24)7-6-21(11)14/h3-4,8H,2,5-7,9H2,1H3. The lowest BCUT2D eigenvalue weighted by molar-refractivity contribution is -0.140. The number of amides is 1. The maximum Gasteiger partial charge on any atom is 0.406 e. The summed E-state index contributed by atoms with van der Waals surface area (Å²) in [6.07, 6.45) is -4.07. The van der Waals surface area contributed by atoms with Gasteiger partial charge in [0.25, 0.3) is 15.9 Å². The number of halogens is 3. The van der Waals surface area contributed by atoms with Gasteiger partial charge in [0, 0.05) is 23.5 Å². The van der Waals surface area contributed by atoms with Crippen molar-refractivity contribution in [3.05, 3.63) is 23.8 Å². The summed E-state index contributed by atoms with van der Waals surface area (Å²) in [7, 11) is -3.50. The number of fused-ring (bicyclic) bond motifs is 3. The molecule has 0 saturated heterocycles. The Balaban J connectivity index is 1.87. The molecule has 0 radical (unpaired) electrons. The third-order valence-corrected chi connectivity index (χ3v) is 6.18. The number of sulfonamides is 1. The van der Waals surface area contributed by atoms with Gasteiger partial charge in [-0.05, 0) is 36.4 Å². The molecule has 3 rings (SSSR count). The van der Waals surface area contributed by atoms with E-state index in [1.54, 1.807) is 17.9 Å². The highest BCUT2D eigenvalue weighted by Crippen LogP contribution is 2.42. The first-order valence-corrected chi connectivity index (χ1v) is 10.3. The third-order valence-electron chi connectivity index (χ3n) is 3.87. The van der Waals surface area contributed by atoms with Crippen molar-refractivity contribution in [1.29, 1.82) is 0 Å². The molecule has 0 bridgehead atoms. The van der Waals surface area contributed by atoms with Crippen LogP contribution in [0.4, 0.5) is 18.9 Å². The topological polar surface area (TPSA) is 70.0 Å². The Morgan fingerprint density at radius 1 is 1.38 bits per heavy atom. The molecule has 0 atom stereocenters. The van der Waals surface area contributed by atoms with Crippen molar-refractivity contribution in [3.63, 3.8) is 0 Å². The molecule has 1 amide bonds. The maximum absolute atomic E-state index is 12.7. The first-order chi connectivity index (χ1) is 12.1. The zero-order valence-corrected chi connectivity index (χ0v) is 15.4. The fraction of sp³-hybridized carbons (Fsp3) is 0.467. The highest BCUT2D eigenvalue weighted by molar-refractivity contribution is 8.15. The molecule has 6 nitrogen and oxygen atoms in total. The van der Waals surface area contributed by atoms with Gasteiger partial charge in [-0.15, -0.1) is 4.40 Å².